The summed E-state index contributed by atoms with van der Waals surface area (Å²) >= 11 is 6.16. The SMILES string of the molecule is COc1ccc(N(CCCC(=O)Nc2ccccc2C(=O)N[C@H](C)c2ccccc2)S(C)(=O)=O)cc1Cl. The summed E-state index contributed by atoms with van der Waals surface area (Å²) in [6, 6.07) is 20.8. The van der Waals surface area contributed by atoms with E-state index in [0.29, 0.717) is 22.7 Å². The van der Waals surface area contributed by atoms with Gasteiger partial charge in [0.25, 0.3) is 5.91 Å². The number of para-hydroxylation sites is 1. The van der Waals surface area contributed by atoms with Gasteiger partial charge in [-0.05, 0) is 49.2 Å². The average molecular weight is 544 g/mol. The molecule has 0 saturated heterocycles. The summed E-state index contributed by atoms with van der Waals surface area (Å²) in [5.41, 5.74) is 2.06. The smallest absolute Gasteiger partial charge is 0.253 e. The zero-order valence-corrected chi connectivity index (χ0v) is 22.5. The average Bonchev–Trinajstić information content (AvgIpc) is 2.86. The number of nitrogens with zero attached hydrogens (tertiary/aromatic N) is 1. The molecule has 0 aliphatic rings. The van der Waals surface area contributed by atoms with Crippen molar-refractivity contribution in [2.45, 2.75) is 25.8 Å². The van der Waals surface area contributed by atoms with Crippen LogP contribution in [0.2, 0.25) is 5.02 Å². The van der Waals surface area contributed by atoms with Gasteiger partial charge in [0.05, 0.1) is 41.4 Å². The highest BCUT2D eigenvalue weighted by molar-refractivity contribution is 7.92. The molecule has 196 valence electrons. The number of ether oxygens (including phenoxy) is 1. The molecule has 8 nitrogen and oxygen atoms in total. The summed E-state index contributed by atoms with van der Waals surface area (Å²) in [6.45, 7) is 1.96. The van der Waals surface area contributed by atoms with Crippen LogP contribution in [-0.4, -0.2) is 40.1 Å². The van der Waals surface area contributed by atoms with Crippen molar-refractivity contribution in [1.29, 1.82) is 0 Å². The van der Waals surface area contributed by atoms with Gasteiger partial charge in [-0.25, -0.2) is 8.42 Å². The van der Waals surface area contributed by atoms with Crippen LogP contribution < -0.4 is 19.7 Å². The first kappa shape index (κ1) is 28.0. The molecule has 0 saturated carbocycles. The van der Waals surface area contributed by atoms with E-state index < -0.39 is 10.0 Å². The van der Waals surface area contributed by atoms with Gasteiger partial charge in [0, 0.05) is 13.0 Å². The van der Waals surface area contributed by atoms with Crippen LogP contribution >= 0.6 is 11.6 Å². The third kappa shape index (κ3) is 7.71. The van der Waals surface area contributed by atoms with Crippen LogP contribution in [0.1, 0.15) is 41.7 Å². The second kappa shape index (κ2) is 12.6. The number of hydrogen-bond acceptors (Lipinski definition) is 5. The molecular formula is C27H30ClN3O5S. The minimum absolute atomic E-state index is 0.0479. The van der Waals surface area contributed by atoms with Gasteiger partial charge in [-0.15, -0.1) is 0 Å². The highest BCUT2D eigenvalue weighted by Gasteiger charge is 2.20. The van der Waals surface area contributed by atoms with Crippen molar-refractivity contribution < 1.29 is 22.7 Å². The lowest BCUT2D eigenvalue weighted by Gasteiger charge is -2.23. The minimum atomic E-state index is -3.61. The zero-order valence-electron chi connectivity index (χ0n) is 20.9. The maximum Gasteiger partial charge on any atom is 0.253 e. The molecular weight excluding hydrogens is 514 g/mol. The number of nitrogens with one attached hydrogen (secondary N) is 2. The van der Waals surface area contributed by atoms with Gasteiger partial charge in [0.1, 0.15) is 5.75 Å². The normalized spacial score (nSPS) is 11.9. The number of halogens is 1. The Hall–Kier alpha value is -3.56. The molecule has 1 atom stereocenters. The van der Waals surface area contributed by atoms with Crippen LogP contribution in [0.3, 0.4) is 0 Å². The molecule has 2 N–H and O–H groups in total. The van der Waals surface area contributed by atoms with E-state index in [1.165, 1.54) is 17.5 Å². The molecule has 0 bridgehead atoms. The van der Waals surface area contributed by atoms with E-state index in [1.807, 2.05) is 37.3 Å². The number of carbonyl (C=O) groups excluding carboxylic acids is 2. The van der Waals surface area contributed by atoms with Gasteiger partial charge in [-0.3, -0.25) is 13.9 Å². The number of benzene rings is 3. The third-order valence-electron chi connectivity index (χ3n) is 5.68. The predicted octanol–water partition coefficient (Wildman–Crippen LogP) is 5.02. The molecule has 0 aliphatic heterocycles. The van der Waals surface area contributed by atoms with Crippen LogP contribution in [0.4, 0.5) is 11.4 Å². The number of anilines is 2. The van der Waals surface area contributed by atoms with Gasteiger partial charge in [-0.2, -0.15) is 0 Å². The fourth-order valence-corrected chi connectivity index (χ4v) is 4.99. The van der Waals surface area contributed by atoms with E-state index in [4.69, 9.17) is 16.3 Å². The Bertz CT molecular complexity index is 1350. The molecule has 0 unspecified atom stereocenters. The van der Waals surface area contributed by atoms with E-state index in [1.54, 1.807) is 36.4 Å². The van der Waals surface area contributed by atoms with Crippen molar-refractivity contribution in [3.05, 3.63) is 88.9 Å². The van der Waals surface area contributed by atoms with E-state index >= 15 is 0 Å². The van der Waals surface area contributed by atoms with Crippen molar-refractivity contribution >= 4 is 44.8 Å². The van der Waals surface area contributed by atoms with Crippen LogP contribution in [0.25, 0.3) is 0 Å². The van der Waals surface area contributed by atoms with Gasteiger partial charge < -0.3 is 15.4 Å². The Kier molecular flexibility index (Phi) is 9.54. The topological polar surface area (TPSA) is 105 Å². The summed E-state index contributed by atoms with van der Waals surface area (Å²) in [5, 5.41) is 6.00. The largest absolute Gasteiger partial charge is 0.495 e. The molecule has 0 aliphatic carbocycles. The van der Waals surface area contributed by atoms with Crippen molar-refractivity contribution in [1.82, 2.24) is 5.32 Å². The Morgan fingerprint density at radius 2 is 1.70 bits per heavy atom. The molecule has 0 aromatic heterocycles. The maximum atomic E-state index is 12.9. The van der Waals surface area contributed by atoms with E-state index in [2.05, 4.69) is 10.6 Å². The standard InChI is InChI=1S/C27H30ClN3O5S/c1-19(20-10-5-4-6-11-20)29-27(33)22-12-7-8-13-24(22)30-26(32)14-9-17-31(37(3,34)35)21-15-16-25(36-2)23(28)18-21/h4-8,10-13,15-16,18-19H,9,14,17H2,1-3H3,(H,29,33)(H,30,32)/t19-/m1/s1. The predicted molar refractivity (Wildman–Crippen MR) is 147 cm³/mol. The Labute approximate surface area is 222 Å². The molecule has 3 aromatic carbocycles. The lowest BCUT2D eigenvalue weighted by Crippen LogP contribution is -2.31. The summed E-state index contributed by atoms with van der Waals surface area (Å²) in [7, 11) is -2.14. The molecule has 0 radical (unpaired) electrons. The summed E-state index contributed by atoms with van der Waals surface area (Å²) in [6.07, 6.45) is 1.39. The lowest BCUT2D eigenvalue weighted by atomic mass is 10.1. The van der Waals surface area contributed by atoms with Crippen molar-refractivity contribution in [3.63, 3.8) is 0 Å². The highest BCUT2D eigenvalue weighted by atomic mass is 35.5. The molecule has 10 heteroatoms. The second-order valence-corrected chi connectivity index (χ2v) is 10.8. The van der Waals surface area contributed by atoms with Gasteiger partial charge in [0.15, 0.2) is 0 Å². The summed E-state index contributed by atoms with van der Waals surface area (Å²) in [4.78, 5) is 25.6. The number of methoxy groups -OCH3 is 1. The first-order valence-corrected chi connectivity index (χ1v) is 13.9. The molecule has 0 spiro atoms. The summed E-state index contributed by atoms with van der Waals surface area (Å²) in [5.74, 6) is -0.219. The lowest BCUT2D eigenvalue weighted by molar-refractivity contribution is -0.116. The van der Waals surface area contributed by atoms with E-state index in [9.17, 15) is 18.0 Å². The molecule has 37 heavy (non-hydrogen) atoms. The van der Waals surface area contributed by atoms with Crippen LogP contribution in [-0.2, 0) is 14.8 Å². The number of amides is 2. The van der Waals surface area contributed by atoms with Crippen LogP contribution in [0.15, 0.2) is 72.8 Å². The molecule has 3 aromatic rings. The Balaban J connectivity index is 1.63. The first-order valence-electron chi connectivity index (χ1n) is 11.7. The summed E-state index contributed by atoms with van der Waals surface area (Å²) < 4.78 is 31.1. The Morgan fingerprint density at radius 1 is 1.03 bits per heavy atom. The third-order valence-corrected chi connectivity index (χ3v) is 7.17. The van der Waals surface area contributed by atoms with E-state index in [0.717, 1.165) is 11.8 Å². The number of hydrogen-bond donors (Lipinski definition) is 2. The quantitative estimate of drug-likeness (QED) is 0.353. The fraction of sp³-hybridized carbons (Fsp3) is 0.259. The number of carbonyl (C=O) groups is 2. The van der Waals surface area contributed by atoms with Gasteiger partial charge >= 0.3 is 0 Å². The van der Waals surface area contributed by atoms with Crippen molar-refractivity contribution in [2.24, 2.45) is 0 Å². The number of sulfonamides is 1. The number of rotatable bonds is 11. The van der Waals surface area contributed by atoms with Crippen LogP contribution in [0, 0.1) is 0 Å². The van der Waals surface area contributed by atoms with Crippen LogP contribution in [0.5, 0.6) is 5.75 Å². The second-order valence-electron chi connectivity index (χ2n) is 8.46. The molecule has 2 amide bonds. The van der Waals surface area contributed by atoms with Crippen molar-refractivity contribution in [2.75, 3.05) is 29.5 Å². The molecule has 0 heterocycles. The van der Waals surface area contributed by atoms with Gasteiger partial charge in [0.2, 0.25) is 15.9 Å². The zero-order chi connectivity index (χ0) is 27.0. The molecule has 0 fully saturated rings. The highest BCUT2D eigenvalue weighted by Crippen LogP contribution is 2.30. The fourth-order valence-electron chi connectivity index (χ4n) is 3.78. The molecule has 3 rings (SSSR count). The Morgan fingerprint density at radius 3 is 2.35 bits per heavy atom. The monoisotopic (exact) mass is 543 g/mol. The minimum Gasteiger partial charge on any atom is -0.495 e. The van der Waals surface area contributed by atoms with E-state index in [-0.39, 0.29) is 42.3 Å². The maximum absolute atomic E-state index is 12.9. The van der Waals surface area contributed by atoms with Gasteiger partial charge in [-0.1, -0.05) is 54.1 Å². The first-order chi connectivity index (χ1) is 17.6. The van der Waals surface area contributed by atoms with Crippen molar-refractivity contribution in [3.8, 4) is 5.75 Å².